The number of hydrogen-bond acceptors (Lipinski definition) is 3. The standard InChI is InChI=1S/C18H12F3NO3/c1-10-2-4-11(5-3-10)16-9-14(17(23)24)13-8-12(25-18(19,20)21)6-7-15(13)22-16/h2-9H,1H3,(H,23,24). The lowest BCUT2D eigenvalue weighted by molar-refractivity contribution is -0.274. The van der Waals surface area contributed by atoms with Gasteiger partial charge in [-0.25, -0.2) is 9.78 Å². The molecule has 2 aromatic carbocycles. The van der Waals surface area contributed by atoms with E-state index in [1.165, 1.54) is 12.1 Å². The van der Waals surface area contributed by atoms with Gasteiger partial charge in [0.15, 0.2) is 0 Å². The number of pyridine rings is 1. The highest BCUT2D eigenvalue weighted by Crippen LogP contribution is 2.30. The fraction of sp³-hybridized carbons (Fsp3) is 0.111. The number of nitrogens with zero attached hydrogens (tertiary/aromatic N) is 1. The summed E-state index contributed by atoms with van der Waals surface area (Å²) >= 11 is 0. The predicted octanol–water partition coefficient (Wildman–Crippen LogP) is 4.81. The zero-order valence-electron chi connectivity index (χ0n) is 13.0. The fourth-order valence-corrected chi connectivity index (χ4v) is 2.45. The van der Waals surface area contributed by atoms with Crippen molar-refractivity contribution in [2.45, 2.75) is 13.3 Å². The first-order valence-electron chi connectivity index (χ1n) is 7.24. The Kier molecular flexibility index (Phi) is 4.08. The molecule has 3 rings (SSSR count). The van der Waals surface area contributed by atoms with Crippen LogP contribution in [-0.4, -0.2) is 22.4 Å². The number of rotatable bonds is 3. The summed E-state index contributed by atoms with van der Waals surface area (Å²) in [5, 5.41) is 9.51. The maximum Gasteiger partial charge on any atom is 0.573 e. The summed E-state index contributed by atoms with van der Waals surface area (Å²) in [6.45, 7) is 1.92. The number of carboxylic acid groups (broad SMARTS) is 1. The molecule has 4 nitrogen and oxygen atoms in total. The normalized spacial score (nSPS) is 11.5. The number of ether oxygens (including phenoxy) is 1. The van der Waals surface area contributed by atoms with Gasteiger partial charge in [0.25, 0.3) is 0 Å². The van der Waals surface area contributed by atoms with Crippen molar-refractivity contribution in [2.75, 3.05) is 0 Å². The minimum Gasteiger partial charge on any atom is -0.478 e. The maximum atomic E-state index is 12.4. The molecule has 1 aromatic heterocycles. The largest absolute Gasteiger partial charge is 0.573 e. The number of fused-ring (bicyclic) bond motifs is 1. The van der Waals surface area contributed by atoms with Crippen LogP contribution < -0.4 is 4.74 Å². The average Bonchev–Trinajstić information content (AvgIpc) is 2.53. The predicted molar refractivity (Wildman–Crippen MR) is 85.6 cm³/mol. The highest BCUT2D eigenvalue weighted by molar-refractivity contribution is 6.04. The maximum absolute atomic E-state index is 12.4. The Morgan fingerprint density at radius 3 is 2.36 bits per heavy atom. The van der Waals surface area contributed by atoms with Crippen molar-refractivity contribution >= 4 is 16.9 Å². The minimum atomic E-state index is -4.85. The van der Waals surface area contributed by atoms with E-state index in [1.54, 1.807) is 12.1 Å². The molecule has 0 unspecified atom stereocenters. The third-order valence-electron chi connectivity index (χ3n) is 3.59. The Hall–Kier alpha value is -3.09. The third kappa shape index (κ3) is 3.71. The molecule has 0 aliphatic heterocycles. The Bertz CT molecular complexity index is 950. The highest BCUT2D eigenvalue weighted by atomic mass is 19.4. The summed E-state index contributed by atoms with van der Waals surface area (Å²) in [4.78, 5) is 15.9. The van der Waals surface area contributed by atoms with Gasteiger partial charge in [-0.2, -0.15) is 0 Å². The second-order valence-electron chi connectivity index (χ2n) is 5.45. The number of alkyl halides is 3. The van der Waals surface area contributed by atoms with Gasteiger partial charge < -0.3 is 9.84 Å². The van der Waals surface area contributed by atoms with E-state index in [0.717, 1.165) is 17.7 Å². The molecule has 0 spiro atoms. The van der Waals surface area contributed by atoms with E-state index in [9.17, 15) is 23.1 Å². The summed E-state index contributed by atoms with van der Waals surface area (Å²) in [5.74, 6) is -1.75. The molecule has 0 atom stereocenters. The Labute approximate surface area is 140 Å². The van der Waals surface area contributed by atoms with Crippen LogP contribution in [0.1, 0.15) is 15.9 Å². The van der Waals surface area contributed by atoms with Gasteiger partial charge in [-0.15, -0.1) is 13.2 Å². The van der Waals surface area contributed by atoms with Crippen LogP contribution >= 0.6 is 0 Å². The van der Waals surface area contributed by atoms with Gasteiger partial charge in [-0.05, 0) is 31.2 Å². The van der Waals surface area contributed by atoms with Crippen molar-refractivity contribution in [3.8, 4) is 17.0 Å². The highest BCUT2D eigenvalue weighted by Gasteiger charge is 2.31. The Balaban J connectivity index is 2.16. The minimum absolute atomic E-state index is 0.0742. The number of aromatic carboxylic acids is 1. The molecule has 0 saturated carbocycles. The van der Waals surface area contributed by atoms with Gasteiger partial charge in [0.1, 0.15) is 5.75 Å². The molecule has 7 heteroatoms. The second kappa shape index (κ2) is 6.08. The van der Waals surface area contributed by atoms with E-state index in [-0.39, 0.29) is 16.5 Å². The summed E-state index contributed by atoms with van der Waals surface area (Å²) in [6.07, 6.45) is -4.85. The summed E-state index contributed by atoms with van der Waals surface area (Å²) < 4.78 is 40.9. The quantitative estimate of drug-likeness (QED) is 0.739. The topological polar surface area (TPSA) is 59.4 Å². The number of hydrogen-bond donors (Lipinski definition) is 1. The number of halogens is 3. The first-order chi connectivity index (χ1) is 11.7. The Morgan fingerprint density at radius 2 is 1.76 bits per heavy atom. The van der Waals surface area contributed by atoms with Crippen LogP contribution in [0.3, 0.4) is 0 Å². The average molecular weight is 347 g/mol. The second-order valence-corrected chi connectivity index (χ2v) is 5.45. The van der Waals surface area contributed by atoms with Crippen LogP contribution in [0.2, 0.25) is 0 Å². The molecule has 1 heterocycles. The van der Waals surface area contributed by atoms with Gasteiger partial charge >= 0.3 is 12.3 Å². The van der Waals surface area contributed by atoms with E-state index < -0.39 is 18.1 Å². The first-order valence-corrected chi connectivity index (χ1v) is 7.24. The molecule has 0 amide bonds. The molecule has 0 saturated heterocycles. The van der Waals surface area contributed by atoms with E-state index in [0.29, 0.717) is 11.3 Å². The van der Waals surface area contributed by atoms with Crippen molar-refractivity contribution in [1.29, 1.82) is 0 Å². The van der Waals surface area contributed by atoms with Crippen LogP contribution in [0.25, 0.3) is 22.2 Å². The zero-order valence-corrected chi connectivity index (χ0v) is 13.0. The van der Waals surface area contributed by atoms with Crippen molar-refractivity contribution in [3.63, 3.8) is 0 Å². The fourth-order valence-electron chi connectivity index (χ4n) is 2.45. The van der Waals surface area contributed by atoms with Gasteiger partial charge in [0.05, 0.1) is 16.8 Å². The van der Waals surface area contributed by atoms with Gasteiger partial charge in [-0.1, -0.05) is 29.8 Å². The molecule has 25 heavy (non-hydrogen) atoms. The van der Waals surface area contributed by atoms with Gasteiger partial charge in [0, 0.05) is 10.9 Å². The van der Waals surface area contributed by atoms with Gasteiger partial charge in [0.2, 0.25) is 0 Å². The number of benzene rings is 2. The zero-order chi connectivity index (χ0) is 18.2. The van der Waals surface area contributed by atoms with Crippen molar-refractivity contribution in [1.82, 2.24) is 4.98 Å². The lowest BCUT2D eigenvalue weighted by Crippen LogP contribution is -2.17. The number of aromatic nitrogens is 1. The molecular weight excluding hydrogens is 335 g/mol. The SMILES string of the molecule is Cc1ccc(-c2cc(C(=O)O)c3cc(OC(F)(F)F)ccc3n2)cc1. The monoisotopic (exact) mass is 347 g/mol. The first kappa shape index (κ1) is 16.8. The van der Waals surface area contributed by atoms with Crippen LogP contribution in [0, 0.1) is 6.92 Å². The summed E-state index contributed by atoms with van der Waals surface area (Å²) in [5.41, 5.74) is 2.30. The summed E-state index contributed by atoms with van der Waals surface area (Å²) in [6, 6.07) is 12.1. The molecule has 0 aliphatic carbocycles. The lowest BCUT2D eigenvalue weighted by atomic mass is 10.0. The van der Waals surface area contributed by atoms with Crippen LogP contribution in [-0.2, 0) is 0 Å². The van der Waals surface area contributed by atoms with E-state index in [1.807, 2.05) is 19.1 Å². The lowest BCUT2D eigenvalue weighted by Gasteiger charge is -2.11. The Morgan fingerprint density at radius 1 is 1.08 bits per heavy atom. The van der Waals surface area contributed by atoms with E-state index in [2.05, 4.69) is 9.72 Å². The van der Waals surface area contributed by atoms with E-state index >= 15 is 0 Å². The number of carboxylic acids is 1. The molecule has 128 valence electrons. The molecule has 0 radical (unpaired) electrons. The van der Waals surface area contributed by atoms with Crippen LogP contribution in [0.15, 0.2) is 48.5 Å². The molecule has 0 aliphatic rings. The van der Waals surface area contributed by atoms with Gasteiger partial charge in [-0.3, -0.25) is 0 Å². The summed E-state index contributed by atoms with van der Waals surface area (Å²) in [7, 11) is 0. The number of aryl methyl sites for hydroxylation is 1. The van der Waals surface area contributed by atoms with Crippen molar-refractivity contribution < 1.29 is 27.8 Å². The van der Waals surface area contributed by atoms with Crippen molar-refractivity contribution in [3.05, 3.63) is 59.7 Å². The number of carbonyl (C=O) groups is 1. The smallest absolute Gasteiger partial charge is 0.478 e. The molecular formula is C18H12F3NO3. The molecule has 3 aromatic rings. The molecule has 1 N–H and O–H groups in total. The van der Waals surface area contributed by atoms with E-state index in [4.69, 9.17) is 0 Å². The third-order valence-corrected chi connectivity index (χ3v) is 3.59. The van der Waals surface area contributed by atoms with Crippen LogP contribution in [0.4, 0.5) is 13.2 Å². The molecule has 0 bridgehead atoms. The van der Waals surface area contributed by atoms with Crippen molar-refractivity contribution in [2.24, 2.45) is 0 Å². The van der Waals surface area contributed by atoms with Crippen LogP contribution in [0.5, 0.6) is 5.75 Å². The molecule has 0 fully saturated rings.